The minimum absolute atomic E-state index is 0.0320. The Labute approximate surface area is 99.6 Å². The lowest BCUT2D eigenvalue weighted by Gasteiger charge is -2.30. The number of carbonyl (C=O) groups is 1. The Hall–Kier alpha value is -1.06. The zero-order chi connectivity index (χ0) is 11.5. The van der Waals surface area contributed by atoms with E-state index in [-0.39, 0.29) is 12.0 Å². The molecule has 0 unspecified atom stereocenters. The van der Waals surface area contributed by atoms with Gasteiger partial charge in [-0.1, -0.05) is 11.6 Å². The third-order valence-corrected chi connectivity index (χ3v) is 3.03. The number of benzene rings is 1. The smallest absolute Gasteiger partial charge is 0.253 e. The summed E-state index contributed by atoms with van der Waals surface area (Å²) in [6.07, 6.45) is 1.26. The first-order valence-electron chi connectivity index (χ1n) is 5.40. The van der Waals surface area contributed by atoms with Gasteiger partial charge in [0.1, 0.15) is 0 Å². The van der Waals surface area contributed by atoms with Crippen molar-refractivity contribution >= 4 is 17.5 Å². The molecule has 0 aliphatic carbocycles. The van der Waals surface area contributed by atoms with Crippen molar-refractivity contribution in [1.29, 1.82) is 0 Å². The molecule has 3 nitrogen and oxygen atoms in total. The number of β-amino-alcohol motifs (C(OH)–C–C–N with tert-alkyl or cyclic N) is 1. The SMILES string of the molecule is O=C(c1ccc(Cl)cc1)N1CCC[C@H](O)C1. The number of halogens is 1. The molecule has 0 radical (unpaired) electrons. The number of amides is 1. The average Bonchev–Trinajstić information content (AvgIpc) is 2.29. The van der Waals surface area contributed by atoms with E-state index in [1.54, 1.807) is 29.2 Å². The van der Waals surface area contributed by atoms with Gasteiger partial charge in [-0.05, 0) is 37.1 Å². The Bertz CT molecular complexity index is 377. The van der Waals surface area contributed by atoms with E-state index in [9.17, 15) is 9.90 Å². The number of carbonyl (C=O) groups excluding carboxylic acids is 1. The number of rotatable bonds is 1. The van der Waals surface area contributed by atoms with Crippen LogP contribution in [0, 0.1) is 0 Å². The third kappa shape index (κ3) is 2.54. The quantitative estimate of drug-likeness (QED) is 0.814. The molecule has 4 heteroatoms. The highest BCUT2D eigenvalue weighted by Crippen LogP contribution is 2.15. The van der Waals surface area contributed by atoms with Gasteiger partial charge in [-0.25, -0.2) is 0 Å². The summed E-state index contributed by atoms with van der Waals surface area (Å²) in [5.41, 5.74) is 0.624. The van der Waals surface area contributed by atoms with E-state index >= 15 is 0 Å². The highest BCUT2D eigenvalue weighted by Gasteiger charge is 2.22. The van der Waals surface area contributed by atoms with Crippen LogP contribution in [-0.4, -0.2) is 35.1 Å². The fourth-order valence-electron chi connectivity index (χ4n) is 1.91. The second-order valence-electron chi connectivity index (χ2n) is 4.05. The van der Waals surface area contributed by atoms with Crippen LogP contribution in [0.15, 0.2) is 24.3 Å². The number of aliphatic hydroxyl groups excluding tert-OH is 1. The summed E-state index contributed by atoms with van der Waals surface area (Å²) in [6.45, 7) is 1.15. The molecule has 0 aromatic heterocycles. The molecule has 1 amide bonds. The van der Waals surface area contributed by atoms with Gasteiger partial charge in [0.25, 0.3) is 5.91 Å². The van der Waals surface area contributed by atoms with Gasteiger partial charge in [-0.3, -0.25) is 4.79 Å². The molecule has 16 heavy (non-hydrogen) atoms. The fraction of sp³-hybridized carbons (Fsp3) is 0.417. The molecule has 86 valence electrons. The molecule has 1 fully saturated rings. The molecule has 1 heterocycles. The number of hydrogen-bond acceptors (Lipinski definition) is 2. The molecule has 1 N–H and O–H groups in total. The van der Waals surface area contributed by atoms with Crippen LogP contribution in [0.4, 0.5) is 0 Å². The Kier molecular flexibility index (Phi) is 3.46. The molecule has 0 bridgehead atoms. The second kappa shape index (κ2) is 4.85. The summed E-state index contributed by atoms with van der Waals surface area (Å²) in [4.78, 5) is 13.7. The summed E-state index contributed by atoms with van der Waals surface area (Å²) < 4.78 is 0. The first-order valence-corrected chi connectivity index (χ1v) is 5.77. The van der Waals surface area contributed by atoms with Crippen LogP contribution in [-0.2, 0) is 0 Å². The lowest BCUT2D eigenvalue weighted by Crippen LogP contribution is -2.42. The minimum Gasteiger partial charge on any atom is -0.391 e. The Balaban J connectivity index is 2.09. The fourth-order valence-corrected chi connectivity index (χ4v) is 2.04. The maximum Gasteiger partial charge on any atom is 0.253 e. The van der Waals surface area contributed by atoms with E-state index in [0.29, 0.717) is 17.1 Å². The van der Waals surface area contributed by atoms with Gasteiger partial charge in [0.15, 0.2) is 0 Å². The molecule has 1 aliphatic rings. The van der Waals surface area contributed by atoms with Gasteiger partial charge in [-0.15, -0.1) is 0 Å². The Morgan fingerprint density at radius 3 is 2.69 bits per heavy atom. The van der Waals surface area contributed by atoms with E-state index in [1.807, 2.05) is 0 Å². The van der Waals surface area contributed by atoms with Gasteiger partial charge < -0.3 is 10.0 Å². The van der Waals surface area contributed by atoms with Crippen LogP contribution in [0.3, 0.4) is 0 Å². The van der Waals surface area contributed by atoms with Gasteiger partial charge >= 0.3 is 0 Å². The van der Waals surface area contributed by atoms with Crippen LogP contribution in [0.5, 0.6) is 0 Å². The molecule has 0 spiro atoms. The predicted molar refractivity (Wildman–Crippen MR) is 62.6 cm³/mol. The number of likely N-dealkylation sites (tertiary alicyclic amines) is 1. The van der Waals surface area contributed by atoms with Gasteiger partial charge in [-0.2, -0.15) is 0 Å². The van der Waals surface area contributed by atoms with Crippen molar-refractivity contribution in [2.75, 3.05) is 13.1 Å². The zero-order valence-corrected chi connectivity index (χ0v) is 9.65. The Morgan fingerprint density at radius 1 is 1.38 bits per heavy atom. The van der Waals surface area contributed by atoms with E-state index in [1.165, 1.54) is 0 Å². The second-order valence-corrected chi connectivity index (χ2v) is 4.49. The molecule has 1 aromatic rings. The van der Waals surface area contributed by atoms with Gasteiger partial charge in [0.05, 0.1) is 6.10 Å². The standard InChI is InChI=1S/C12H14ClNO2/c13-10-5-3-9(4-6-10)12(16)14-7-1-2-11(15)8-14/h3-6,11,15H,1-2,7-8H2/t11-/m0/s1. The molecule has 0 saturated carbocycles. The first kappa shape index (κ1) is 11.4. The Morgan fingerprint density at radius 2 is 2.06 bits per heavy atom. The number of hydrogen-bond donors (Lipinski definition) is 1. The van der Waals surface area contributed by atoms with Crippen molar-refractivity contribution < 1.29 is 9.90 Å². The number of piperidine rings is 1. The van der Waals surface area contributed by atoms with Crippen molar-refractivity contribution in [1.82, 2.24) is 4.90 Å². The highest BCUT2D eigenvalue weighted by atomic mass is 35.5. The highest BCUT2D eigenvalue weighted by molar-refractivity contribution is 6.30. The summed E-state index contributed by atoms with van der Waals surface area (Å²) in [5.74, 6) is -0.0320. The number of aliphatic hydroxyl groups is 1. The van der Waals surface area contributed by atoms with Crippen molar-refractivity contribution in [3.8, 4) is 0 Å². The zero-order valence-electron chi connectivity index (χ0n) is 8.90. The summed E-state index contributed by atoms with van der Waals surface area (Å²) in [6, 6.07) is 6.83. The summed E-state index contributed by atoms with van der Waals surface area (Å²) >= 11 is 5.76. The summed E-state index contributed by atoms with van der Waals surface area (Å²) in [7, 11) is 0. The first-order chi connectivity index (χ1) is 7.66. The van der Waals surface area contributed by atoms with Crippen LogP contribution < -0.4 is 0 Å². The largest absolute Gasteiger partial charge is 0.391 e. The van der Waals surface area contributed by atoms with Crippen LogP contribution >= 0.6 is 11.6 Å². The van der Waals surface area contributed by atoms with Crippen molar-refractivity contribution in [3.05, 3.63) is 34.9 Å². The predicted octanol–water partition coefficient (Wildman–Crippen LogP) is 1.94. The normalized spacial score (nSPS) is 20.9. The van der Waals surface area contributed by atoms with Crippen molar-refractivity contribution in [2.24, 2.45) is 0 Å². The third-order valence-electron chi connectivity index (χ3n) is 2.77. The van der Waals surface area contributed by atoms with Crippen LogP contribution in [0.2, 0.25) is 5.02 Å². The van der Waals surface area contributed by atoms with Gasteiger partial charge in [0, 0.05) is 23.7 Å². The van der Waals surface area contributed by atoms with E-state index in [0.717, 1.165) is 19.4 Å². The molecule has 1 aliphatic heterocycles. The van der Waals surface area contributed by atoms with E-state index in [4.69, 9.17) is 11.6 Å². The van der Waals surface area contributed by atoms with Crippen LogP contribution in [0.25, 0.3) is 0 Å². The molecule has 1 aromatic carbocycles. The topological polar surface area (TPSA) is 40.5 Å². The lowest BCUT2D eigenvalue weighted by molar-refractivity contribution is 0.0474. The molecule has 2 rings (SSSR count). The maximum absolute atomic E-state index is 12.0. The monoisotopic (exact) mass is 239 g/mol. The molecular formula is C12H14ClNO2. The van der Waals surface area contributed by atoms with E-state index in [2.05, 4.69) is 0 Å². The average molecular weight is 240 g/mol. The van der Waals surface area contributed by atoms with Crippen LogP contribution in [0.1, 0.15) is 23.2 Å². The van der Waals surface area contributed by atoms with E-state index < -0.39 is 0 Å². The molecule has 1 atom stereocenters. The lowest BCUT2D eigenvalue weighted by atomic mass is 10.1. The van der Waals surface area contributed by atoms with Gasteiger partial charge in [0.2, 0.25) is 0 Å². The molecular weight excluding hydrogens is 226 g/mol. The maximum atomic E-state index is 12.0. The van der Waals surface area contributed by atoms with Crippen molar-refractivity contribution in [2.45, 2.75) is 18.9 Å². The number of nitrogens with zero attached hydrogens (tertiary/aromatic N) is 1. The minimum atomic E-state index is -0.384. The molecule has 1 saturated heterocycles. The van der Waals surface area contributed by atoms with Crippen molar-refractivity contribution in [3.63, 3.8) is 0 Å². The summed E-state index contributed by atoms with van der Waals surface area (Å²) in [5, 5.41) is 10.1.